The first-order valence-electron chi connectivity index (χ1n) is 7.79. The predicted octanol–water partition coefficient (Wildman–Crippen LogP) is 5.41. The smallest absolute Gasteiger partial charge is 0.225 e. The number of benzene rings is 1. The van der Waals surface area contributed by atoms with Crippen LogP contribution in [0, 0.1) is 0 Å². The number of hydrogen-bond donors (Lipinski definition) is 2. The molecule has 0 aliphatic heterocycles. The highest BCUT2D eigenvalue weighted by atomic mass is 35.5. The van der Waals surface area contributed by atoms with Gasteiger partial charge in [0.15, 0.2) is 0 Å². The number of rotatable bonds is 5. The lowest BCUT2D eigenvalue weighted by Crippen LogP contribution is -2.13. The van der Waals surface area contributed by atoms with Crippen LogP contribution >= 0.6 is 23.2 Å². The van der Waals surface area contributed by atoms with Crippen molar-refractivity contribution in [3.05, 3.63) is 58.8 Å². The second kappa shape index (κ2) is 7.68. The van der Waals surface area contributed by atoms with Gasteiger partial charge in [-0.15, -0.1) is 0 Å². The largest absolute Gasteiger partial charge is 0.352 e. The Labute approximate surface area is 156 Å². The van der Waals surface area contributed by atoms with Gasteiger partial charge >= 0.3 is 0 Å². The van der Waals surface area contributed by atoms with Crippen molar-refractivity contribution < 1.29 is 0 Å². The van der Waals surface area contributed by atoms with Crippen molar-refractivity contribution in [1.82, 2.24) is 15.0 Å². The average Bonchev–Trinajstić information content (AvgIpc) is 2.54. The Morgan fingerprint density at radius 1 is 0.920 bits per heavy atom. The van der Waals surface area contributed by atoms with Crippen molar-refractivity contribution in [2.45, 2.75) is 19.9 Å². The fourth-order valence-corrected chi connectivity index (χ4v) is 2.80. The minimum Gasteiger partial charge on any atom is -0.352 e. The third-order valence-corrected chi connectivity index (χ3v) is 3.69. The van der Waals surface area contributed by atoms with E-state index in [4.69, 9.17) is 23.2 Å². The molecule has 5 nitrogen and oxygen atoms in total. The zero-order valence-corrected chi connectivity index (χ0v) is 15.3. The topological polar surface area (TPSA) is 62.7 Å². The molecule has 0 aliphatic rings. The zero-order chi connectivity index (χ0) is 17.8. The first-order chi connectivity index (χ1) is 12.0. The molecule has 25 heavy (non-hydrogen) atoms. The van der Waals surface area contributed by atoms with Crippen LogP contribution in [0.25, 0.3) is 11.3 Å². The van der Waals surface area contributed by atoms with E-state index in [9.17, 15) is 0 Å². The van der Waals surface area contributed by atoms with Crippen molar-refractivity contribution >= 4 is 40.7 Å². The van der Waals surface area contributed by atoms with E-state index in [1.807, 2.05) is 32.0 Å². The highest BCUT2D eigenvalue weighted by molar-refractivity contribution is 6.35. The summed E-state index contributed by atoms with van der Waals surface area (Å²) in [4.78, 5) is 13.1. The van der Waals surface area contributed by atoms with E-state index in [-0.39, 0.29) is 6.04 Å². The second-order valence-corrected chi connectivity index (χ2v) is 6.65. The molecule has 3 rings (SSSR count). The summed E-state index contributed by atoms with van der Waals surface area (Å²) in [7, 11) is 0. The molecule has 0 radical (unpaired) electrons. The highest BCUT2D eigenvalue weighted by Crippen LogP contribution is 2.27. The van der Waals surface area contributed by atoms with Gasteiger partial charge in [-0.05, 0) is 44.2 Å². The van der Waals surface area contributed by atoms with E-state index in [2.05, 4.69) is 25.6 Å². The van der Waals surface area contributed by atoms with Crippen LogP contribution in [0.2, 0.25) is 10.0 Å². The minimum absolute atomic E-state index is 0.209. The Morgan fingerprint density at radius 2 is 1.60 bits per heavy atom. The Bertz CT molecular complexity index is 848. The molecule has 0 saturated heterocycles. The lowest BCUT2D eigenvalue weighted by atomic mass is 10.2. The summed E-state index contributed by atoms with van der Waals surface area (Å²) in [5.41, 5.74) is 2.50. The van der Waals surface area contributed by atoms with Gasteiger partial charge in [0.1, 0.15) is 5.82 Å². The Morgan fingerprint density at radius 3 is 2.24 bits per heavy atom. The molecule has 1 aromatic carbocycles. The highest BCUT2D eigenvalue weighted by Gasteiger charge is 2.09. The Hall–Kier alpha value is -2.37. The maximum absolute atomic E-state index is 6.07. The summed E-state index contributed by atoms with van der Waals surface area (Å²) in [6, 6.07) is 11.1. The first kappa shape index (κ1) is 17.5. The molecule has 2 N–H and O–H groups in total. The molecule has 0 bridgehead atoms. The molecule has 0 atom stereocenters. The van der Waals surface area contributed by atoms with E-state index >= 15 is 0 Å². The summed E-state index contributed by atoms with van der Waals surface area (Å²) in [6.07, 6.45) is 3.47. The second-order valence-electron chi connectivity index (χ2n) is 5.78. The molecule has 128 valence electrons. The first-order valence-corrected chi connectivity index (χ1v) is 8.54. The van der Waals surface area contributed by atoms with Crippen molar-refractivity contribution in [2.75, 3.05) is 10.6 Å². The number of nitrogens with zero attached hydrogens (tertiary/aromatic N) is 3. The lowest BCUT2D eigenvalue weighted by molar-refractivity contribution is 0.876. The predicted molar refractivity (Wildman–Crippen MR) is 104 cm³/mol. The van der Waals surface area contributed by atoms with Crippen molar-refractivity contribution in [3.63, 3.8) is 0 Å². The third-order valence-electron chi connectivity index (χ3n) is 3.25. The maximum atomic E-state index is 6.07. The van der Waals surface area contributed by atoms with E-state index in [0.29, 0.717) is 21.8 Å². The standard InChI is InChI=1S/C18H17Cl2N5/c1-11(2)22-18-24-16(12-3-5-21-6-4-12)10-17(25-18)23-15-8-13(19)7-14(20)9-15/h3-11H,1-2H3,(H2,22,23,24,25). The van der Waals surface area contributed by atoms with Crippen LogP contribution in [0.1, 0.15) is 13.8 Å². The van der Waals surface area contributed by atoms with Gasteiger partial charge in [0.25, 0.3) is 0 Å². The molecular formula is C18H17Cl2N5. The van der Waals surface area contributed by atoms with Gasteiger partial charge in [-0.25, -0.2) is 4.98 Å². The average molecular weight is 374 g/mol. The van der Waals surface area contributed by atoms with Crippen LogP contribution in [-0.4, -0.2) is 21.0 Å². The van der Waals surface area contributed by atoms with Crippen LogP contribution in [0.15, 0.2) is 48.8 Å². The fraction of sp³-hybridized carbons (Fsp3) is 0.167. The zero-order valence-electron chi connectivity index (χ0n) is 13.8. The number of aromatic nitrogens is 3. The van der Waals surface area contributed by atoms with Gasteiger partial charge in [0.2, 0.25) is 5.95 Å². The molecule has 2 aromatic heterocycles. The van der Waals surface area contributed by atoms with Gasteiger partial charge < -0.3 is 10.6 Å². The number of pyridine rings is 1. The molecule has 0 saturated carbocycles. The van der Waals surface area contributed by atoms with Crippen molar-refractivity contribution in [2.24, 2.45) is 0 Å². The molecular weight excluding hydrogens is 357 g/mol. The van der Waals surface area contributed by atoms with Crippen LogP contribution in [0.4, 0.5) is 17.5 Å². The quantitative estimate of drug-likeness (QED) is 0.625. The van der Waals surface area contributed by atoms with Gasteiger partial charge in [0.05, 0.1) is 5.69 Å². The molecule has 0 unspecified atom stereocenters. The Balaban J connectivity index is 1.99. The normalized spacial score (nSPS) is 10.8. The molecule has 3 aromatic rings. The maximum Gasteiger partial charge on any atom is 0.225 e. The molecule has 0 fully saturated rings. The minimum atomic E-state index is 0.209. The van der Waals surface area contributed by atoms with E-state index in [1.54, 1.807) is 30.6 Å². The Kier molecular flexibility index (Phi) is 5.36. The van der Waals surface area contributed by atoms with Gasteiger partial charge in [-0.1, -0.05) is 23.2 Å². The number of hydrogen-bond acceptors (Lipinski definition) is 5. The van der Waals surface area contributed by atoms with Gasteiger partial charge in [0, 0.05) is 45.8 Å². The lowest BCUT2D eigenvalue weighted by Gasteiger charge is -2.13. The van der Waals surface area contributed by atoms with Crippen LogP contribution in [-0.2, 0) is 0 Å². The molecule has 7 heteroatoms. The molecule has 0 spiro atoms. The summed E-state index contributed by atoms with van der Waals surface area (Å²) in [5.74, 6) is 1.18. The van der Waals surface area contributed by atoms with Crippen LogP contribution in [0.5, 0.6) is 0 Å². The van der Waals surface area contributed by atoms with Gasteiger partial charge in [-0.3, -0.25) is 4.98 Å². The third kappa shape index (κ3) is 4.81. The van der Waals surface area contributed by atoms with Gasteiger partial charge in [-0.2, -0.15) is 4.98 Å². The SMILES string of the molecule is CC(C)Nc1nc(Nc2cc(Cl)cc(Cl)c2)cc(-c2ccncc2)n1. The molecule has 2 heterocycles. The molecule has 0 aliphatic carbocycles. The van der Waals surface area contributed by atoms with Crippen LogP contribution in [0.3, 0.4) is 0 Å². The van der Waals surface area contributed by atoms with E-state index in [0.717, 1.165) is 16.9 Å². The molecule has 0 amide bonds. The summed E-state index contributed by atoms with van der Waals surface area (Å²) in [6.45, 7) is 4.07. The summed E-state index contributed by atoms with van der Waals surface area (Å²) < 4.78 is 0. The number of halogens is 2. The summed E-state index contributed by atoms with van der Waals surface area (Å²) in [5, 5.41) is 7.58. The van der Waals surface area contributed by atoms with E-state index < -0.39 is 0 Å². The fourth-order valence-electron chi connectivity index (χ4n) is 2.28. The van der Waals surface area contributed by atoms with Crippen LogP contribution < -0.4 is 10.6 Å². The van der Waals surface area contributed by atoms with Crippen molar-refractivity contribution in [3.8, 4) is 11.3 Å². The van der Waals surface area contributed by atoms with E-state index in [1.165, 1.54) is 0 Å². The number of nitrogens with one attached hydrogen (secondary N) is 2. The monoisotopic (exact) mass is 373 g/mol. The van der Waals surface area contributed by atoms with Crippen molar-refractivity contribution in [1.29, 1.82) is 0 Å². The summed E-state index contributed by atoms with van der Waals surface area (Å²) >= 11 is 12.1. The number of anilines is 3.